The van der Waals surface area contributed by atoms with Gasteiger partial charge in [-0.1, -0.05) is 13.8 Å². The van der Waals surface area contributed by atoms with Crippen LogP contribution in [0.25, 0.3) is 0 Å². The van der Waals surface area contributed by atoms with E-state index in [9.17, 15) is 5.11 Å². The quantitative estimate of drug-likeness (QED) is 0.247. The molecule has 0 spiro atoms. The van der Waals surface area contributed by atoms with E-state index >= 15 is 0 Å². The summed E-state index contributed by atoms with van der Waals surface area (Å²) in [6, 6.07) is 0. The van der Waals surface area contributed by atoms with Gasteiger partial charge in [0.15, 0.2) is 0 Å². The summed E-state index contributed by atoms with van der Waals surface area (Å²) in [5, 5.41) is 11.6. The molecule has 5 nitrogen and oxygen atoms in total. The summed E-state index contributed by atoms with van der Waals surface area (Å²) in [5.74, 6) is 1.09. The molecule has 0 aliphatic carbocycles. The Morgan fingerprint density at radius 1 is 1.05 bits per heavy atom. The van der Waals surface area contributed by atoms with Crippen LogP contribution in [0.1, 0.15) is 20.3 Å². The Morgan fingerprint density at radius 3 is 2.10 bits per heavy atom. The van der Waals surface area contributed by atoms with Crippen LogP contribution in [0.3, 0.4) is 0 Å². The van der Waals surface area contributed by atoms with E-state index in [0.29, 0.717) is 24.6 Å². The average molecular weight is 419 g/mol. The molecule has 0 radical (unpaired) electrons. The van der Waals surface area contributed by atoms with Crippen LogP contribution in [-0.2, 0) is 47.6 Å². The first-order valence-corrected chi connectivity index (χ1v) is 9.05. The standard InChI is InChI=1S/C13H29N3OS2.O.Tc/c1-3-15(4-2)7-5-8-16(9-11-19)12-13(17)14-6-10-18;;/h18-19H,3-12H2,1-2H3,(H,14,17);;/q;;+3/p-3/i;;1+1. The number of nitrogens with zero attached hydrogens (tertiary/aromatic N) is 3. The molecule has 0 rings (SSSR count). The van der Waals surface area contributed by atoms with Gasteiger partial charge in [0.2, 0.25) is 0 Å². The Hall–Kier alpha value is 0.539. The summed E-state index contributed by atoms with van der Waals surface area (Å²) in [6.45, 7) is 10.1. The van der Waals surface area contributed by atoms with Gasteiger partial charge in [0.05, 0.1) is 0 Å². The number of hydrogen-bond donors (Lipinski definition) is 0. The molecule has 21 heavy (non-hydrogen) atoms. The summed E-state index contributed by atoms with van der Waals surface area (Å²) in [7, 11) is 0. The molecule has 0 aromatic heterocycles. The fourth-order valence-corrected chi connectivity index (χ4v) is 2.22. The van der Waals surface area contributed by atoms with Crippen molar-refractivity contribution >= 4 is 31.2 Å². The summed E-state index contributed by atoms with van der Waals surface area (Å²) < 4.78 is 8.22. The maximum absolute atomic E-state index is 11.6. The fourth-order valence-electron chi connectivity index (χ4n) is 1.87. The molecule has 8 heteroatoms. The second-order valence-corrected chi connectivity index (χ2v) is 5.16. The zero-order valence-electron chi connectivity index (χ0n) is 12.9. The first-order valence-electron chi connectivity index (χ1n) is 7.14. The van der Waals surface area contributed by atoms with Gasteiger partial charge in [0.1, 0.15) is 0 Å². The first kappa shape index (κ1) is 23.8. The van der Waals surface area contributed by atoms with Crippen LogP contribution >= 0.6 is 0 Å². The van der Waals surface area contributed by atoms with Gasteiger partial charge >= 0.3 is 22.4 Å². The third-order valence-electron chi connectivity index (χ3n) is 2.99. The number of hydrogen-bond acceptors (Lipinski definition) is 7. The van der Waals surface area contributed by atoms with Gasteiger partial charge in [-0.15, -0.1) is 0 Å². The first-order chi connectivity index (χ1) is 10.2. The monoisotopic (exact) mass is 419 g/mol. The Kier molecular flexibility index (Phi) is 21.1. The van der Waals surface area contributed by atoms with Gasteiger partial charge < -0.3 is 45.2 Å². The van der Waals surface area contributed by atoms with E-state index in [1.54, 1.807) is 0 Å². The predicted molar refractivity (Wildman–Crippen MR) is 86.3 cm³/mol. The van der Waals surface area contributed by atoms with Crippen LogP contribution in [0.15, 0.2) is 4.99 Å². The molecule has 124 valence electrons. The molecular weight excluding hydrogens is 393 g/mol. The molecule has 0 aliphatic rings. The molecule has 0 aromatic carbocycles. The maximum atomic E-state index is 11.6. The normalized spacial score (nSPS) is 11.6. The Morgan fingerprint density at radius 2 is 1.62 bits per heavy atom. The van der Waals surface area contributed by atoms with Crippen molar-refractivity contribution < 1.29 is 27.5 Å². The molecule has 0 aliphatic heterocycles. The van der Waals surface area contributed by atoms with Crippen molar-refractivity contribution in [2.45, 2.75) is 20.3 Å². The van der Waals surface area contributed by atoms with Gasteiger partial charge in [0.25, 0.3) is 0 Å². The van der Waals surface area contributed by atoms with Gasteiger partial charge in [-0.25, -0.2) is 0 Å². The minimum absolute atomic E-state index is 0.0730. The molecule has 0 N–H and O–H groups in total. The zero-order chi connectivity index (χ0) is 16.5. The summed E-state index contributed by atoms with van der Waals surface area (Å²) >= 11 is 10.7. The van der Waals surface area contributed by atoms with Gasteiger partial charge in [0, 0.05) is 13.1 Å². The molecule has 0 saturated heterocycles. The Balaban J connectivity index is 0. The second-order valence-electron chi connectivity index (χ2n) is 4.34. The Bertz CT molecular complexity index is 258. The van der Waals surface area contributed by atoms with Crippen molar-refractivity contribution in [2.24, 2.45) is 4.99 Å². The molecule has 0 heterocycles. The van der Waals surface area contributed by atoms with Crippen molar-refractivity contribution in [3.8, 4) is 0 Å². The molecule has 0 saturated carbocycles. The van der Waals surface area contributed by atoms with E-state index in [1.165, 1.54) is 0 Å². The molecular formula is C13H26N3O2S2Tc. The van der Waals surface area contributed by atoms with Crippen LogP contribution in [0.5, 0.6) is 0 Å². The van der Waals surface area contributed by atoms with Crippen molar-refractivity contribution in [3.05, 3.63) is 0 Å². The van der Waals surface area contributed by atoms with Gasteiger partial charge in [-0.05, 0) is 45.0 Å². The SMILES string of the molecule is CCN(CC)CCCN(CC[S-])CC([O-])=NCC[S-].[O]=[99Tc+3]. The van der Waals surface area contributed by atoms with Crippen molar-refractivity contribution in [3.63, 3.8) is 0 Å². The Labute approximate surface area is 150 Å². The van der Waals surface area contributed by atoms with Gasteiger partial charge in [-0.2, -0.15) is 11.5 Å². The minimum atomic E-state index is -0.0730. The molecule has 0 atom stereocenters. The predicted octanol–water partition coefficient (Wildman–Crippen LogP) is -0.248. The van der Waals surface area contributed by atoms with Crippen LogP contribution < -0.4 is 5.11 Å². The van der Waals surface area contributed by atoms with Gasteiger partial charge in [-0.3, -0.25) is 0 Å². The van der Waals surface area contributed by atoms with E-state index < -0.39 is 0 Å². The molecule has 0 bridgehead atoms. The van der Waals surface area contributed by atoms with Crippen LogP contribution in [0.4, 0.5) is 0 Å². The average Bonchev–Trinajstić information content (AvgIpc) is 2.51. The molecule has 0 unspecified atom stereocenters. The third kappa shape index (κ3) is 15.2. The summed E-state index contributed by atoms with van der Waals surface area (Å²) in [5.41, 5.74) is 0. The third-order valence-corrected chi connectivity index (χ3v) is 3.35. The molecule has 0 aromatic rings. The van der Waals surface area contributed by atoms with E-state index in [-0.39, 0.29) is 5.90 Å². The molecule has 0 fully saturated rings. The number of rotatable bonds is 12. The van der Waals surface area contributed by atoms with E-state index in [4.69, 9.17) is 28.8 Å². The molecule has 0 amide bonds. The van der Waals surface area contributed by atoms with Crippen LogP contribution in [-0.4, -0.2) is 73.0 Å². The van der Waals surface area contributed by atoms with E-state index in [2.05, 4.69) is 28.6 Å². The zero-order valence-corrected chi connectivity index (χ0v) is 16.4. The topological polar surface area (TPSA) is 59.0 Å². The fraction of sp³-hybridized carbons (Fsp3) is 0.923. The van der Waals surface area contributed by atoms with Crippen molar-refractivity contribution in [1.29, 1.82) is 0 Å². The van der Waals surface area contributed by atoms with E-state index in [1.807, 2.05) is 0 Å². The second kappa shape index (κ2) is 18.6. The van der Waals surface area contributed by atoms with Crippen molar-refractivity contribution in [1.82, 2.24) is 9.80 Å². The van der Waals surface area contributed by atoms with Crippen LogP contribution in [0.2, 0.25) is 0 Å². The van der Waals surface area contributed by atoms with Crippen molar-refractivity contribution in [2.75, 3.05) is 57.3 Å². The number of aliphatic imine (C=N–C) groups is 1. The van der Waals surface area contributed by atoms with Crippen LogP contribution in [0, 0.1) is 0 Å². The van der Waals surface area contributed by atoms with E-state index in [0.717, 1.165) is 58.0 Å². The summed E-state index contributed by atoms with van der Waals surface area (Å²) in [6.07, 6.45) is 1.06. The summed E-state index contributed by atoms with van der Waals surface area (Å²) in [4.78, 5) is 8.40.